The summed E-state index contributed by atoms with van der Waals surface area (Å²) in [4.78, 5) is 0.177. The highest BCUT2D eigenvalue weighted by Gasteiger charge is 2.26. The Labute approximate surface area is 113 Å². The first kappa shape index (κ1) is 15.4. The van der Waals surface area contributed by atoms with E-state index in [4.69, 9.17) is 11.6 Å². The molecular weight excluding hydrogens is 277 g/mol. The summed E-state index contributed by atoms with van der Waals surface area (Å²) in [5, 5.41) is 0. The Morgan fingerprint density at radius 3 is 2.17 bits per heavy atom. The predicted molar refractivity (Wildman–Crippen MR) is 71.0 cm³/mol. The monoisotopic (exact) mass is 293 g/mol. The van der Waals surface area contributed by atoms with Crippen LogP contribution in [0.4, 0.5) is 4.39 Å². The summed E-state index contributed by atoms with van der Waals surface area (Å²) in [6.45, 7) is 5.52. The van der Waals surface area contributed by atoms with E-state index in [2.05, 4.69) is 0 Å². The number of aryl methyl sites for hydroxylation is 2. The number of hydrogen-bond donors (Lipinski definition) is 0. The second kappa shape index (κ2) is 5.99. The van der Waals surface area contributed by atoms with Gasteiger partial charge in [0.05, 0.1) is 4.90 Å². The van der Waals surface area contributed by atoms with Crippen molar-refractivity contribution in [1.29, 1.82) is 0 Å². The second-order valence-corrected chi connectivity index (χ2v) is 6.31. The minimum atomic E-state index is -3.61. The standard InChI is InChI=1S/C12H17ClFNO2S/c1-4-15(6-5-13)18(16,17)12-9(2)7-11(14)8-10(12)3/h7-8H,4-6H2,1-3H3. The molecule has 0 aromatic heterocycles. The van der Waals surface area contributed by atoms with Gasteiger partial charge in [-0.25, -0.2) is 12.8 Å². The molecule has 102 valence electrons. The zero-order valence-corrected chi connectivity index (χ0v) is 12.3. The van der Waals surface area contributed by atoms with Gasteiger partial charge in [0.2, 0.25) is 10.0 Å². The van der Waals surface area contributed by atoms with E-state index in [9.17, 15) is 12.8 Å². The molecule has 1 aromatic rings. The third-order valence-corrected chi connectivity index (χ3v) is 5.16. The van der Waals surface area contributed by atoms with Crippen LogP contribution < -0.4 is 0 Å². The largest absolute Gasteiger partial charge is 0.243 e. The fourth-order valence-corrected chi connectivity index (χ4v) is 4.14. The lowest BCUT2D eigenvalue weighted by atomic mass is 10.1. The van der Waals surface area contributed by atoms with E-state index in [1.54, 1.807) is 20.8 Å². The van der Waals surface area contributed by atoms with Crippen molar-refractivity contribution >= 4 is 21.6 Å². The molecule has 0 saturated carbocycles. The average Bonchev–Trinajstić information content (AvgIpc) is 2.23. The Balaban J connectivity index is 3.36. The molecule has 6 heteroatoms. The number of sulfonamides is 1. The van der Waals surface area contributed by atoms with Gasteiger partial charge in [0.1, 0.15) is 5.82 Å². The Bertz CT molecular complexity index is 508. The van der Waals surface area contributed by atoms with Crippen LogP contribution in [0, 0.1) is 19.7 Å². The molecule has 0 aliphatic heterocycles. The zero-order valence-electron chi connectivity index (χ0n) is 10.7. The summed E-state index contributed by atoms with van der Waals surface area (Å²) in [6.07, 6.45) is 0. The molecule has 1 aromatic carbocycles. The molecule has 0 unspecified atom stereocenters. The minimum absolute atomic E-state index is 0.177. The number of halogens is 2. The molecular formula is C12H17ClFNO2S. The first-order valence-electron chi connectivity index (χ1n) is 5.67. The van der Waals surface area contributed by atoms with Crippen LogP contribution in [0.3, 0.4) is 0 Å². The third-order valence-electron chi connectivity index (χ3n) is 2.71. The van der Waals surface area contributed by atoms with Crippen molar-refractivity contribution in [3.63, 3.8) is 0 Å². The summed E-state index contributed by atoms with van der Waals surface area (Å²) in [5.74, 6) is -0.198. The van der Waals surface area contributed by atoms with E-state index in [1.165, 1.54) is 16.4 Å². The van der Waals surface area contributed by atoms with Crippen molar-refractivity contribution in [1.82, 2.24) is 4.31 Å². The van der Waals surface area contributed by atoms with Gasteiger partial charge in [0.25, 0.3) is 0 Å². The molecule has 0 aliphatic rings. The maximum atomic E-state index is 13.2. The molecule has 0 amide bonds. The normalized spacial score (nSPS) is 12.1. The van der Waals surface area contributed by atoms with Crippen LogP contribution in [0.2, 0.25) is 0 Å². The highest BCUT2D eigenvalue weighted by atomic mass is 35.5. The first-order chi connectivity index (χ1) is 8.34. The van der Waals surface area contributed by atoms with Crippen LogP contribution >= 0.6 is 11.6 Å². The molecule has 0 atom stereocenters. The average molecular weight is 294 g/mol. The van der Waals surface area contributed by atoms with Crippen LogP contribution in [0.1, 0.15) is 18.1 Å². The van der Waals surface area contributed by atoms with Crippen molar-refractivity contribution in [2.24, 2.45) is 0 Å². The predicted octanol–water partition coefficient (Wildman–Crippen LogP) is 2.69. The van der Waals surface area contributed by atoms with E-state index in [0.717, 1.165) is 0 Å². The molecule has 1 rings (SSSR count). The summed E-state index contributed by atoms with van der Waals surface area (Å²) in [7, 11) is -3.61. The zero-order chi connectivity index (χ0) is 13.9. The molecule has 0 N–H and O–H groups in total. The maximum Gasteiger partial charge on any atom is 0.243 e. The van der Waals surface area contributed by atoms with Crippen molar-refractivity contribution in [3.05, 3.63) is 29.1 Å². The summed E-state index contributed by atoms with van der Waals surface area (Å²) >= 11 is 5.61. The van der Waals surface area contributed by atoms with E-state index in [1.807, 2.05) is 0 Å². The van der Waals surface area contributed by atoms with E-state index >= 15 is 0 Å². The molecule has 3 nitrogen and oxygen atoms in total. The van der Waals surface area contributed by atoms with E-state index < -0.39 is 15.8 Å². The maximum absolute atomic E-state index is 13.2. The van der Waals surface area contributed by atoms with Crippen LogP contribution in [-0.2, 0) is 10.0 Å². The Morgan fingerprint density at radius 1 is 1.28 bits per heavy atom. The molecule has 0 saturated heterocycles. The molecule has 0 heterocycles. The van der Waals surface area contributed by atoms with Crippen LogP contribution in [0.5, 0.6) is 0 Å². The van der Waals surface area contributed by atoms with E-state index in [0.29, 0.717) is 17.7 Å². The van der Waals surface area contributed by atoms with Gasteiger partial charge < -0.3 is 0 Å². The molecule has 0 radical (unpaired) electrons. The lowest BCUT2D eigenvalue weighted by Crippen LogP contribution is -2.33. The molecule has 18 heavy (non-hydrogen) atoms. The topological polar surface area (TPSA) is 37.4 Å². The van der Waals surface area contributed by atoms with Gasteiger partial charge >= 0.3 is 0 Å². The third kappa shape index (κ3) is 3.02. The number of rotatable bonds is 5. The van der Waals surface area contributed by atoms with Crippen molar-refractivity contribution in [2.75, 3.05) is 19.0 Å². The minimum Gasteiger partial charge on any atom is -0.207 e. The Hall–Kier alpha value is -0.650. The quantitative estimate of drug-likeness (QED) is 0.783. The van der Waals surface area contributed by atoms with Crippen LogP contribution in [0.15, 0.2) is 17.0 Å². The van der Waals surface area contributed by atoms with Gasteiger partial charge in [-0.1, -0.05) is 6.92 Å². The molecule has 0 bridgehead atoms. The van der Waals surface area contributed by atoms with Gasteiger partial charge in [0.15, 0.2) is 0 Å². The first-order valence-corrected chi connectivity index (χ1v) is 7.65. The van der Waals surface area contributed by atoms with E-state index in [-0.39, 0.29) is 17.3 Å². The number of benzene rings is 1. The Kier molecular flexibility index (Phi) is 5.13. The summed E-state index contributed by atoms with van der Waals surface area (Å²) in [5.41, 5.74) is 0.834. The number of hydrogen-bond acceptors (Lipinski definition) is 2. The molecule has 0 spiro atoms. The lowest BCUT2D eigenvalue weighted by molar-refractivity contribution is 0.446. The van der Waals surface area contributed by atoms with Gasteiger partial charge in [-0.2, -0.15) is 4.31 Å². The van der Waals surface area contributed by atoms with Crippen LogP contribution in [-0.4, -0.2) is 31.7 Å². The van der Waals surface area contributed by atoms with Gasteiger partial charge in [-0.3, -0.25) is 0 Å². The van der Waals surface area contributed by atoms with Gasteiger partial charge in [-0.05, 0) is 37.1 Å². The molecule has 0 fully saturated rings. The van der Waals surface area contributed by atoms with Gasteiger partial charge in [-0.15, -0.1) is 11.6 Å². The smallest absolute Gasteiger partial charge is 0.207 e. The van der Waals surface area contributed by atoms with Crippen molar-refractivity contribution < 1.29 is 12.8 Å². The van der Waals surface area contributed by atoms with Crippen LogP contribution in [0.25, 0.3) is 0 Å². The number of alkyl halides is 1. The van der Waals surface area contributed by atoms with Crippen molar-refractivity contribution in [2.45, 2.75) is 25.7 Å². The lowest BCUT2D eigenvalue weighted by Gasteiger charge is -2.21. The molecule has 0 aliphatic carbocycles. The highest BCUT2D eigenvalue weighted by molar-refractivity contribution is 7.89. The second-order valence-electron chi connectivity index (χ2n) is 4.05. The fraction of sp³-hybridized carbons (Fsp3) is 0.500. The van der Waals surface area contributed by atoms with Gasteiger partial charge in [0, 0.05) is 19.0 Å². The summed E-state index contributed by atoms with van der Waals surface area (Å²) < 4.78 is 39.4. The highest BCUT2D eigenvalue weighted by Crippen LogP contribution is 2.24. The Morgan fingerprint density at radius 2 is 1.78 bits per heavy atom. The number of nitrogens with zero attached hydrogens (tertiary/aromatic N) is 1. The van der Waals surface area contributed by atoms with Crippen molar-refractivity contribution in [3.8, 4) is 0 Å². The summed E-state index contributed by atoms with van der Waals surface area (Å²) in [6, 6.07) is 2.46. The fourth-order valence-electron chi connectivity index (χ4n) is 1.98. The SMILES string of the molecule is CCN(CCCl)S(=O)(=O)c1c(C)cc(F)cc1C.